The number of fused-ring (bicyclic) bond motifs is 2. The van der Waals surface area contributed by atoms with E-state index >= 15 is 0 Å². The van der Waals surface area contributed by atoms with Crippen LogP contribution in [0.1, 0.15) is 44.2 Å². The van der Waals surface area contributed by atoms with E-state index in [0.29, 0.717) is 37.3 Å². The van der Waals surface area contributed by atoms with Crippen LogP contribution < -0.4 is 9.47 Å². The number of piperidine rings is 1. The van der Waals surface area contributed by atoms with E-state index in [1.165, 1.54) is 16.5 Å². The van der Waals surface area contributed by atoms with Crippen molar-refractivity contribution in [1.82, 2.24) is 19.8 Å². The number of H-pyrrole nitrogens is 1. The summed E-state index contributed by atoms with van der Waals surface area (Å²) in [4.78, 5) is 26.1. The maximum absolute atomic E-state index is 13.8. The lowest BCUT2D eigenvalue weighted by Gasteiger charge is -2.35. The van der Waals surface area contributed by atoms with E-state index in [4.69, 9.17) is 9.47 Å². The van der Waals surface area contributed by atoms with Gasteiger partial charge in [0.1, 0.15) is 0 Å². The number of rotatable bonds is 7. The summed E-state index contributed by atoms with van der Waals surface area (Å²) in [6.07, 6.45) is 6.64. The van der Waals surface area contributed by atoms with Gasteiger partial charge in [0.2, 0.25) is 5.91 Å². The molecule has 1 saturated heterocycles. The predicted molar refractivity (Wildman–Crippen MR) is 136 cm³/mol. The molecule has 0 unspecified atom stereocenters. The highest BCUT2D eigenvalue weighted by atomic mass is 16.5. The minimum Gasteiger partial charge on any atom is -0.488 e. The smallest absolute Gasteiger partial charge is 0.257 e. The summed E-state index contributed by atoms with van der Waals surface area (Å²) in [5.41, 5.74) is 3.47. The Bertz CT molecular complexity index is 1160. The Morgan fingerprint density at radius 2 is 2.11 bits per heavy atom. The number of likely N-dealkylation sites (tertiary alicyclic amines) is 1. The lowest BCUT2D eigenvalue weighted by Crippen LogP contribution is -2.45. The van der Waals surface area contributed by atoms with E-state index < -0.39 is 0 Å². The number of amides is 1. The van der Waals surface area contributed by atoms with Gasteiger partial charge in [-0.1, -0.05) is 32.0 Å². The fourth-order valence-electron chi connectivity index (χ4n) is 5.26. The standard InChI is InChI=1S/C28H36N4O3/c1-20(2)16-32(17-21-14-25-27(30-15-21)35-13-5-12-34-25)28(33)24-8-4-11-31(19-24)18-23-7-3-6-22-9-10-29-26(22)23/h3,6-7,9-10,14-15,20,24,29H,4-5,8,11-13,16-19H2,1-2H3/t24-/m1/s1. The molecule has 1 aromatic carbocycles. The van der Waals surface area contributed by atoms with Crippen molar-refractivity contribution in [3.05, 3.63) is 53.9 Å². The third-order valence-corrected chi connectivity index (χ3v) is 6.85. The van der Waals surface area contributed by atoms with Crippen molar-refractivity contribution in [3.8, 4) is 11.6 Å². The number of aromatic amines is 1. The maximum Gasteiger partial charge on any atom is 0.257 e. The molecule has 1 atom stereocenters. The molecule has 0 spiro atoms. The van der Waals surface area contributed by atoms with Gasteiger partial charge in [-0.2, -0.15) is 0 Å². The number of benzene rings is 1. The third kappa shape index (κ3) is 5.61. The molecule has 2 aliphatic rings. The van der Waals surface area contributed by atoms with Crippen LogP contribution in [0.15, 0.2) is 42.7 Å². The predicted octanol–water partition coefficient (Wildman–Crippen LogP) is 4.62. The number of nitrogens with one attached hydrogen (secondary N) is 1. The Morgan fingerprint density at radius 3 is 3.00 bits per heavy atom. The van der Waals surface area contributed by atoms with E-state index in [1.807, 2.05) is 23.4 Å². The number of aromatic nitrogens is 2. The first kappa shape index (κ1) is 23.7. The lowest BCUT2D eigenvalue weighted by molar-refractivity contribution is -0.138. The molecule has 0 radical (unpaired) electrons. The van der Waals surface area contributed by atoms with Gasteiger partial charge in [-0.05, 0) is 54.0 Å². The fraction of sp³-hybridized carbons (Fsp3) is 0.500. The second kappa shape index (κ2) is 10.7. The van der Waals surface area contributed by atoms with Crippen LogP contribution in [0.3, 0.4) is 0 Å². The molecule has 186 valence electrons. The average Bonchev–Trinajstić information content (AvgIpc) is 3.22. The SMILES string of the molecule is CC(C)CN(Cc1cnc2c(c1)OCCCO2)C(=O)[C@@H]1CCCN(Cc2cccc3cc[nH]c23)C1. The number of pyridine rings is 1. The first-order valence-electron chi connectivity index (χ1n) is 12.9. The average molecular weight is 477 g/mol. The summed E-state index contributed by atoms with van der Waals surface area (Å²) >= 11 is 0. The summed E-state index contributed by atoms with van der Waals surface area (Å²) in [6, 6.07) is 10.5. The first-order chi connectivity index (χ1) is 17.1. The van der Waals surface area contributed by atoms with Crippen molar-refractivity contribution in [3.63, 3.8) is 0 Å². The van der Waals surface area contributed by atoms with E-state index in [-0.39, 0.29) is 11.8 Å². The largest absolute Gasteiger partial charge is 0.488 e. The van der Waals surface area contributed by atoms with Crippen LogP contribution >= 0.6 is 0 Å². The molecule has 0 saturated carbocycles. The second-order valence-electron chi connectivity index (χ2n) is 10.2. The van der Waals surface area contributed by atoms with Crippen LogP contribution in [0.4, 0.5) is 0 Å². The maximum atomic E-state index is 13.8. The second-order valence-corrected chi connectivity index (χ2v) is 10.2. The zero-order chi connectivity index (χ0) is 24.2. The first-order valence-corrected chi connectivity index (χ1v) is 12.9. The van der Waals surface area contributed by atoms with Crippen molar-refractivity contribution in [2.75, 3.05) is 32.8 Å². The summed E-state index contributed by atoms with van der Waals surface area (Å²) in [6.45, 7) is 9.52. The van der Waals surface area contributed by atoms with Gasteiger partial charge in [-0.25, -0.2) is 4.98 Å². The highest BCUT2D eigenvalue weighted by Gasteiger charge is 2.30. The number of hydrogen-bond donors (Lipinski definition) is 1. The van der Waals surface area contributed by atoms with Crippen molar-refractivity contribution in [2.45, 2.75) is 46.2 Å². The van der Waals surface area contributed by atoms with E-state index in [0.717, 1.165) is 51.0 Å². The number of nitrogens with zero attached hydrogens (tertiary/aromatic N) is 3. The number of carbonyl (C=O) groups is 1. The Kier molecular flexibility index (Phi) is 7.23. The van der Waals surface area contributed by atoms with Crippen LogP contribution in [0.25, 0.3) is 10.9 Å². The van der Waals surface area contributed by atoms with Crippen LogP contribution in [0.5, 0.6) is 11.6 Å². The zero-order valence-corrected chi connectivity index (χ0v) is 20.8. The molecule has 35 heavy (non-hydrogen) atoms. The van der Waals surface area contributed by atoms with Gasteiger partial charge in [0, 0.05) is 50.5 Å². The number of para-hydroxylation sites is 1. The Morgan fingerprint density at radius 1 is 1.23 bits per heavy atom. The Balaban J connectivity index is 1.28. The minimum absolute atomic E-state index is 0.0127. The highest BCUT2D eigenvalue weighted by molar-refractivity contribution is 5.82. The molecule has 2 aromatic heterocycles. The Labute approximate surface area is 207 Å². The van der Waals surface area contributed by atoms with Gasteiger partial charge in [-0.3, -0.25) is 9.69 Å². The molecule has 7 heteroatoms. The number of hydrogen-bond acceptors (Lipinski definition) is 5. The van der Waals surface area contributed by atoms with Crippen LogP contribution in [0.2, 0.25) is 0 Å². The summed E-state index contributed by atoms with van der Waals surface area (Å²) in [5.74, 6) is 1.87. The van der Waals surface area contributed by atoms with Crippen LogP contribution in [0, 0.1) is 11.8 Å². The van der Waals surface area contributed by atoms with Crippen molar-refractivity contribution < 1.29 is 14.3 Å². The quantitative estimate of drug-likeness (QED) is 0.539. The molecule has 2 aliphatic heterocycles. The molecule has 4 heterocycles. The molecule has 7 nitrogen and oxygen atoms in total. The van der Waals surface area contributed by atoms with Crippen LogP contribution in [-0.2, 0) is 17.9 Å². The molecule has 0 aliphatic carbocycles. The van der Waals surface area contributed by atoms with Crippen LogP contribution in [-0.4, -0.2) is 58.5 Å². The van der Waals surface area contributed by atoms with Crippen molar-refractivity contribution in [1.29, 1.82) is 0 Å². The number of carbonyl (C=O) groups excluding carboxylic acids is 1. The minimum atomic E-state index is 0.0127. The van der Waals surface area contributed by atoms with E-state index in [1.54, 1.807) is 0 Å². The van der Waals surface area contributed by atoms with Gasteiger partial charge < -0.3 is 19.4 Å². The van der Waals surface area contributed by atoms with Gasteiger partial charge in [0.05, 0.1) is 19.1 Å². The molecular formula is C28H36N4O3. The topological polar surface area (TPSA) is 70.7 Å². The third-order valence-electron chi connectivity index (χ3n) is 6.85. The zero-order valence-electron chi connectivity index (χ0n) is 20.8. The summed E-state index contributed by atoms with van der Waals surface area (Å²) in [7, 11) is 0. The lowest BCUT2D eigenvalue weighted by atomic mass is 9.95. The molecule has 1 fully saturated rings. The molecular weight excluding hydrogens is 440 g/mol. The summed E-state index contributed by atoms with van der Waals surface area (Å²) in [5, 5.41) is 1.24. The highest BCUT2D eigenvalue weighted by Crippen LogP contribution is 2.29. The molecule has 1 amide bonds. The molecule has 1 N–H and O–H groups in total. The molecule has 5 rings (SSSR count). The monoisotopic (exact) mass is 476 g/mol. The van der Waals surface area contributed by atoms with Gasteiger partial charge in [0.15, 0.2) is 5.75 Å². The normalized spacial score (nSPS) is 18.5. The summed E-state index contributed by atoms with van der Waals surface area (Å²) < 4.78 is 11.5. The fourth-order valence-corrected chi connectivity index (χ4v) is 5.26. The molecule has 0 bridgehead atoms. The molecule has 3 aromatic rings. The van der Waals surface area contributed by atoms with Gasteiger partial charge >= 0.3 is 0 Å². The van der Waals surface area contributed by atoms with E-state index in [9.17, 15) is 4.79 Å². The Hall–Kier alpha value is -3.06. The van der Waals surface area contributed by atoms with Crippen molar-refractivity contribution in [2.24, 2.45) is 11.8 Å². The van der Waals surface area contributed by atoms with Gasteiger partial charge in [-0.15, -0.1) is 0 Å². The number of ether oxygens (including phenoxy) is 2. The van der Waals surface area contributed by atoms with Crippen molar-refractivity contribution >= 4 is 16.8 Å². The van der Waals surface area contributed by atoms with E-state index in [2.05, 4.69) is 53.0 Å². The van der Waals surface area contributed by atoms with Gasteiger partial charge in [0.25, 0.3) is 5.88 Å².